The summed E-state index contributed by atoms with van der Waals surface area (Å²) in [6.07, 6.45) is 3.83. The van der Waals surface area contributed by atoms with E-state index in [1.807, 2.05) is 6.07 Å². The smallest absolute Gasteiger partial charge is 0.188 e. The molecule has 1 aliphatic rings. The molecule has 0 bridgehead atoms. The number of ether oxygens (including phenoxy) is 1. The van der Waals surface area contributed by atoms with Crippen molar-refractivity contribution in [2.24, 2.45) is 0 Å². The number of piperidine rings is 1. The fourth-order valence-electron chi connectivity index (χ4n) is 4.22. The second kappa shape index (κ2) is 8.99. The molecule has 5 rings (SSSR count). The molecule has 8 heteroatoms. The first-order chi connectivity index (χ1) is 15.7. The van der Waals surface area contributed by atoms with Gasteiger partial charge in [-0.15, -0.1) is 11.3 Å². The summed E-state index contributed by atoms with van der Waals surface area (Å²) in [7, 11) is 1.70. The van der Waals surface area contributed by atoms with E-state index in [0.29, 0.717) is 17.3 Å². The van der Waals surface area contributed by atoms with Gasteiger partial charge in [-0.1, -0.05) is 0 Å². The Hall–Kier alpha value is -3.41. The highest BCUT2D eigenvalue weighted by atomic mass is 32.1. The predicted molar refractivity (Wildman–Crippen MR) is 126 cm³/mol. The quantitative estimate of drug-likeness (QED) is 0.434. The molecule has 4 heterocycles. The molecular formula is C24H24N6OS. The van der Waals surface area contributed by atoms with Crippen LogP contribution in [0.4, 0.5) is 10.9 Å². The fraction of sp³-hybridized carbons (Fsp3) is 0.292. The maximum Gasteiger partial charge on any atom is 0.188 e. The third-order valence-corrected chi connectivity index (χ3v) is 6.71. The van der Waals surface area contributed by atoms with Crippen molar-refractivity contribution >= 4 is 33.2 Å². The Bertz CT molecular complexity index is 1260. The van der Waals surface area contributed by atoms with Crippen LogP contribution in [-0.2, 0) is 6.54 Å². The number of H-pyrrole nitrogens is 1. The van der Waals surface area contributed by atoms with Crippen LogP contribution in [0.1, 0.15) is 35.7 Å². The monoisotopic (exact) mass is 444 g/mol. The number of thiazole rings is 1. The molecule has 0 unspecified atom stereocenters. The van der Waals surface area contributed by atoms with Crippen molar-refractivity contribution < 1.29 is 4.74 Å². The highest BCUT2D eigenvalue weighted by molar-refractivity contribution is 7.13. The van der Waals surface area contributed by atoms with Crippen LogP contribution in [0.5, 0.6) is 5.75 Å². The molecule has 2 N–H and O–H groups in total. The number of nitrogens with one attached hydrogen (secondary N) is 2. The van der Waals surface area contributed by atoms with Crippen LogP contribution in [-0.4, -0.2) is 40.1 Å². The number of methoxy groups -OCH3 is 1. The van der Waals surface area contributed by atoms with Crippen molar-refractivity contribution in [3.8, 4) is 11.8 Å². The maximum absolute atomic E-state index is 9.05. The minimum atomic E-state index is 0.475. The highest BCUT2D eigenvalue weighted by Gasteiger charge is 2.23. The van der Waals surface area contributed by atoms with Gasteiger partial charge in [-0.2, -0.15) is 5.26 Å². The number of hydrogen-bond donors (Lipinski definition) is 2. The lowest BCUT2D eigenvalue weighted by Gasteiger charge is -2.30. The van der Waals surface area contributed by atoms with E-state index >= 15 is 0 Å². The zero-order valence-electron chi connectivity index (χ0n) is 17.8. The second-order valence-electron chi connectivity index (χ2n) is 8.04. The van der Waals surface area contributed by atoms with E-state index in [-0.39, 0.29) is 0 Å². The molecule has 1 saturated heterocycles. The van der Waals surface area contributed by atoms with Gasteiger partial charge in [0.25, 0.3) is 0 Å². The molecule has 32 heavy (non-hydrogen) atoms. The number of likely N-dealkylation sites (tertiary alicyclic amines) is 1. The first-order valence-electron chi connectivity index (χ1n) is 10.7. The topological polar surface area (TPSA) is 89.9 Å². The van der Waals surface area contributed by atoms with E-state index in [4.69, 9.17) is 15.0 Å². The van der Waals surface area contributed by atoms with E-state index in [2.05, 4.69) is 49.8 Å². The second-order valence-corrected chi connectivity index (χ2v) is 8.90. The number of anilines is 2. The van der Waals surface area contributed by atoms with Gasteiger partial charge in [0, 0.05) is 40.6 Å². The Morgan fingerprint density at radius 3 is 2.94 bits per heavy atom. The van der Waals surface area contributed by atoms with Gasteiger partial charge in [0.15, 0.2) is 5.13 Å². The molecule has 1 aliphatic heterocycles. The Balaban J connectivity index is 1.17. The number of rotatable bonds is 6. The first kappa shape index (κ1) is 20.5. The molecule has 0 radical (unpaired) electrons. The number of benzene rings is 1. The summed E-state index contributed by atoms with van der Waals surface area (Å²) < 4.78 is 5.33. The summed E-state index contributed by atoms with van der Waals surface area (Å²) in [4.78, 5) is 15.1. The third kappa shape index (κ3) is 4.44. The SMILES string of the molecule is COc1ccc2[nH]c(CN3CCC(c4csc(Nc5cc(C#N)ccn5)n4)CC3)cc2c1. The number of aromatic nitrogens is 3. The Kier molecular flexibility index (Phi) is 5.75. The third-order valence-electron chi connectivity index (χ3n) is 5.93. The van der Waals surface area contributed by atoms with Crippen LogP contribution in [0.2, 0.25) is 0 Å². The summed E-state index contributed by atoms with van der Waals surface area (Å²) in [6.45, 7) is 3.03. The van der Waals surface area contributed by atoms with Crippen molar-refractivity contribution in [2.45, 2.75) is 25.3 Å². The van der Waals surface area contributed by atoms with Gasteiger partial charge in [-0.25, -0.2) is 9.97 Å². The number of nitriles is 1. The Labute approximate surface area is 190 Å². The predicted octanol–water partition coefficient (Wildman–Crippen LogP) is 5.02. The molecule has 162 valence electrons. The van der Waals surface area contributed by atoms with E-state index in [1.54, 1.807) is 36.8 Å². The van der Waals surface area contributed by atoms with Crippen LogP contribution in [0.15, 0.2) is 48.0 Å². The van der Waals surface area contributed by atoms with Crippen molar-refractivity contribution in [1.82, 2.24) is 19.9 Å². The maximum atomic E-state index is 9.05. The van der Waals surface area contributed by atoms with Gasteiger partial charge < -0.3 is 15.0 Å². The lowest BCUT2D eigenvalue weighted by Crippen LogP contribution is -2.32. The normalized spacial score (nSPS) is 15.0. The van der Waals surface area contributed by atoms with Crippen LogP contribution in [0.3, 0.4) is 0 Å². The van der Waals surface area contributed by atoms with E-state index in [1.165, 1.54) is 11.1 Å². The van der Waals surface area contributed by atoms with E-state index in [0.717, 1.165) is 54.6 Å². The van der Waals surface area contributed by atoms with Gasteiger partial charge in [-0.05, 0) is 62.3 Å². The van der Waals surface area contributed by atoms with Gasteiger partial charge in [0.05, 0.1) is 24.4 Å². The number of fused-ring (bicyclic) bond motifs is 1. The first-order valence-corrected chi connectivity index (χ1v) is 11.5. The van der Waals surface area contributed by atoms with Crippen LogP contribution >= 0.6 is 11.3 Å². The zero-order chi connectivity index (χ0) is 21.9. The summed E-state index contributed by atoms with van der Waals surface area (Å²) in [5, 5.41) is 16.4. The number of aromatic amines is 1. The molecular weight excluding hydrogens is 420 g/mol. The average molecular weight is 445 g/mol. The van der Waals surface area contributed by atoms with Crippen molar-refractivity contribution in [3.05, 3.63) is 64.9 Å². The summed E-state index contributed by atoms with van der Waals surface area (Å²) in [5.41, 5.74) is 4.11. The lowest BCUT2D eigenvalue weighted by atomic mass is 9.94. The molecule has 1 fully saturated rings. The van der Waals surface area contributed by atoms with Crippen molar-refractivity contribution in [2.75, 3.05) is 25.5 Å². The van der Waals surface area contributed by atoms with Gasteiger partial charge in [0.2, 0.25) is 0 Å². The van der Waals surface area contributed by atoms with Gasteiger partial charge >= 0.3 is 0 Å². The van der Waals surface area contributed by atoms with Crippen LogP contribution in [0, 0.1) is 11.3 Å². The Morgan fingerprint density at radius 1 is 1.25 bits per heavy atom. The summed E-state index contributed by atoms with van der Waals surface area (Å²) in [5.74, 6) is 2.01. The van der Waals surface area contributed by atoms with Gasteiger partial charge in [-0.3, -0.25) is 4.90 Å². The molecule has 0 spiro atoms. The summed E-state index contributed by atoms with van der Waals surface area (Å²) >= 11 is 1.59. The number of hydrogen-bond acceptors (Lipinski definition) is 7. The lowest BCUT2D eigenvalue weighted by molar-refractivity contribution is 0.202. The largest absolute Gasteiger partial charge is 0.497 e. The van der Waals surface area contributed by atoms with E-state index in [9.17, 15) is 0 Å². The zero-order valence-corrected chi connectivity index (χ0v) is 18.7. The Morgan fingerprint density at radius 2 is 2.12 bits per heavy atom. The van der Waals surface area contributed by atoms with Crippen LogP contribution in [0.25, 0.3) is 10.9 Å². The molecule has 0 amide bonds. The van der Waals surface area contributed by atoms with Crippen molar-refractivity contribution in [1.29, 1.82) is 5.26 Å². The summed E-state index contributed by atoms with van der Waals surface area (Å²) in [6, 6.07) is 13.9. The molecule has 0 saturated carbocycles. The molecule has 1 aromatic carbocycles. The molecule has 7 nitrogen and oxygen atoms in total. The van der Waals surface area contributed by atoms with Gasteiger partial charge in [0.1, 0.15) is 11.6 Å². The molecule has 0 aliphatic carbocycles. The molecule has 0 atom stereocenters. The number of nitrogens with zero attached hydrogens (tertiary/aromatic N) is 4. The fourth-order valence-corrected chi connectivity index (χ4v) is 5.02. The average Bonchev–Trinajstić information content (AvgIpc) is 3.45. The minimum Gasteiger partial charge on any atom is -0.497 e. The highest BCUT2D eigenvalue weighted by Crippen LogP contribution is 2.32. The van der Waals surface area contributed by atoms with Crippen LogP contribution < -0.4 is 10.1 Å². The van der Waals surface area contributed by atoms with E-state index < -0.39 is 0 Å². The molecule has 4 aromatic rings. The molecule has 3 aromatic heterocycles. The van der Waals surface area contributed by atoms with Crippen molar-refractivity contribution in [3.63, 3.8) is 0 Å². The number of pyridine rings is 1. The minimum absolute atomic E-state index is 0.475. The standard InChI is InChI=1S/C24H24N6OS/c1-31-20-2-3-21-18(12-20)11-19(27-21)14-30-8-5-17(6-9-30)22-15-32-24(28-22)29-23-10-16(13-25)4-7-26-23/h2-4,7,10-12,15,17,27H,5-6,8-9,14H2,1H3,(H,26,28,29).